The van der Waals surface area contributed by atoms with Crippen LogP contribution in [0.4, 0.5) is 5.69 Å². The summed E-state index contributed by atoms with van der Waals surface area (Å²) in [6.45, 7) is 2.90. The first-order valence-electron chi connectivity index (χ1n) is 8.64. The second-order valence-electron chi connectivity index (χ2n) is 5.97. The van der Waals surface area contributed by atoms with E-state index in [1.165, 1.54) is 11.8 Å². The molecule has 1 aliphatic carbocycles. The number of ether oxygens (including phenoxy) is 1. The molecule has 0 spiro atoms. The summed E-state index contributed by atoms with van der Waals surface area (Å²) in [4.78, 5) is 12.5. The van der Waals surface area contributed by atoms with E-state index in [-0.39, 0.29) is 5.97 Å². The van der Waals surface area contributed by atoms with Crippen molar-refractivity contribution in [3.63, 3.8) is 0 Å². The predicted octanol–water partition coefficient (Wildman–Crippen LogP) is 4.33. The van der Waals surface area contributed by atoms with E-state index in [1.807, 2.05) is 54.6 Å². The lowest BCUT2D eigenvalue weighted by molar-refractivity contribution is -0.153. The second-order valence-corrected chi connectivity index (χ2v) is 7.41. The minimum absolute atomic E-state index is 0.119. The molecule has 0 aromatic heterocycles. The number of carbonyl (C=O) groups is 1. The molecule has 1 atom stereocenters. The van der Waals surface area contributed by atoms with Crippen molar-refractivity contribution >= 4 is 40.0 Å². The molecular weight excluding hydrogens is 352 g/mol. The Labute approximate surface area is 160 Å². The Kier molecular flexibility index (Phi) is 7.93. The molecule has 0 bridgehead atoms. The number of hydrogen-bond acceptors (Lipinski definition) is 5. The molecule has 0 heterocycles. The Balaban J connectivity index is 2.06. The van der Waals surface area contributed by atoms with Crippen molar-refractivity contribution in [1.82, 2.24) is 5.43 Å². The first kappa shape index (κ1) is 19.9. The van der Waals surface area contributed by atoms with Crippen LogP contribution in [0, 0.1) is 5.41 Å². The van der Waals surface area contributed by atoms with Gasteiger partial charge in [0.1, 0.15) is 0 Å². The van der Waals surface area contributed by atoms with E-state index in [0.717, 1.165) is 29.3 Å². The Morgan fingerprint density at radius 2 is 2.16 bits per heavy atom. The number of hydrazine groups is 1. The molecule has 25 heavy (non-hydrogen) atoms. The lowest BCUT2D eigenvalue weighted by Crippen LogP contribution is -2.44. The fourth-order valence-electron chi connectivity index (χ4n) is 3.00. The summed E-state index contributed by atoms with van der Waals surface area (Å²) in [5, 5.41) is 1.91. The van der Waals surface area contributed by atoms with E-state index >= 15 is 0 Å². The maximum absolute atomic E-state index is 12.5. The van der Waals surface area contributed by atoms with Crippen LogP contribution in [0.5, 0.6) is 0 Å². The Hall–Kier alpha value is -1.37. The normalized spacial score (nSPS) is 19.4. The number of carbonyl (C=O) groups excluding carboxylic acids is 1. The summed E-state index contributed by atoms with van der Waals surface area (Å²) in [5.74, 6) is -0.119. The minimum atomic E-state index is -0.523. The molecule has 136 valence electrons. The number of anilines is 1. The van der Waals surface area contributed by atoms with Gasteiger partial charge >= 0.3 is 5.97 Å². The topological polar surface area (TPSA) is 41.6 Å². The van der Waals surface area contributed by atoms with Crippen LogP contribution in [-0.2, 0) is 9.53 Å². The molecule has 2 rings (SSSR count). The summed E-state index contributed by atoms with van der Waals surface area (Å²) in [6.07, 6.45) is 9.66. The predicted molar refractivity (Wildman–Crippen MR) is 110 cm³/mol. The SMILES string of the molecule is CCOC(=O)C1(CCNN(C(=S)SC)c2ccccc2)C=CCCC1. The molecule has 1 aromatic rings. The quantitative estimate of drug-likeness (QED) is 0.330. The van der Waals surface area contributed by atoms with Crippen molar-refractivity contribution in [3.05, 3.63) is 42.5 Å². The fourth-order valence-corrected chi connectivity index (χ4v) is 3.53. The Bertz CT molecular complexity index is 607. The van der Waals surface area contributed by atoms with Crippen LogP contribution in [0.3, 0.4) is 0 Å². The molecule has 0 aliphatic heterocycles. The van der Waals surface area contributed by atoms with Gasteiger partial charge in [0.25, 0.3) is 0 Å². The van der Waals surface area contributed by atoms with E-state index in [4.69, 9.17) is 17.0 Å². The van der Waals surface area contributed by atoms with Gasteiger partial charge in [-0.25, -0.2) is 5.43 Å². The monoisotopic (exact) mass is 378 g/mol. The van der Waals surface area contributed by atoms with Gasteiger partial charge in [0.2, 0.25) is 0 Å². The van der Waals surface area contributed by atoms with Crippen LogP contribution in [0.15, 0.2) is 42.5 Å². The zero-order chi connectivity index (χ0) is 18.1. The molecule has 1 aliphatic rings. The smallest absolute Gasteiger partial charge is 0.315 e. The highest BCUT2D eigenvalue weighted by molar-refractivity contribution is 8.22. The van der Waals surface area contributed by atoms with Gasteiger partial charge in [-0.3, -0.25) is 9.80 Å². The van der Waals surface area contributed by atoms with Crippen LogP contribution in [0.2, 0.25) is 0 Å². The molecule has 0 saturated carbocycles. The molecule has 1 aromatic carbocycles. The van der Waals surface area contributed by atoms with Gasteiger partial charge in [-0.05, 0) is 51.0 Å². The van der Waals surface area contributed by atoms with E-state index in [1.54, 1.807) is 0 Å². The number of thioether (sulfide) groups is 1. The maximum Gasteiger partial charge on any atom is 0.315 e. The maximum atomic E-state index is 12.5. The highest BCUT2D eigenvalue weighted by Crippen LogP contribution is 2.35. The van der Waals surface area contributed by atoms with Gasteiger partial charge in [0.05, 0.1) is 17.7 Å². The summed E-state index contributed by atoms with van der Waals surface area (Å²) in [6, 6.07) is 9.97. The number of thiocarbonyl (C=S) groups is 1. The van der Waals surface area contributed by atoms with Crippen molar-refractivity contribution < 1.29 is 9.53 Å². The van der Waals surface area contributed by atoms with Gasteiger partial charge < -0.3 is 4.74 Å². The number of para-hydroxylation sites is 1. The van der Waals surface area contributed by atoms with Gasteiger partial charge in [-0.2, -0.15) is 0 Å². The third-order valence-corrected chi connectivity index (χ3v) is 5.54. The number of esters is 1. The highest BCUT2D eigenvalue weighted by Gasteiger charge is 2.37. The minimum Gasteiger partial charge on any atom is -0.465 e. The fraction of sp³-hybridized carbons (Fsp3) is 0.474. The van der Waals surface area contributed by atoms with Crippen molar-refractivity contribution in [2.24, 2.45) is 5.41 Å². The molecule has 1 N–H and O–H groups in total. The van der Waals surface area contributed by atoms with Gasteiger partial charge in [-0.1, -0.05) is 54.3 Å². The largest absolute Gasteiger partial charge is 0.465 e. The van der Waals surface area contributed by atoms with E-state index in [2.05, 4.69) is 11.5 Å². The Morgan fingerprint density at radius 3 is 2.76 bits per heavy atom. The van der Waals surface area contributed by atoms with Crippen LogP contribution < -0.4 is 10.4 Å². The number of nitrogens with zero attached hydrogens (tertiary/aromatic N) is 1. The number of nitrogens with one attached hydrogen (secondary N) is 1. The van der Waals surface area contributed by atoms with E-state index in [0.29, 0.717) is 19.6 Å². The van der Waals surface area contributed by atoms with Crippen LogP contribution in [0.25, 0.3) is 0 Å². The highest BCUT2D eigenvalue weighted by atomic mass is 32.2. The summed E-state index contributed by atoms with van der Waals surface area (Å²) < 4.78 is 6.08. The van der Waals surface area contributed by atoms with Crippen LogP contribution in [-0.4, -0.2) is 29.7 Å². The zero-order valence-electron chi connectivity index (χ0n) is 14.9. The molecule has 6 heteroatoms. The third-order valence-electron chi connectivity index (χ3n) is 4.33. The van der Waals surface area contributed by atoms with Gasteiger partial charge in [-0.15, -0.1) is 0 Å². The number of benzene rings is 1. The molecule has 0 saturated heterocycles. The summed E-state index contributed by atoms with van der Waals surface area (Å²) in [7, 11) is 0. The number of allylic oxidation sites excluding steroid dienone is 1. The Morgan fingerprint density at radius 1 is 1.40 bits per heavy atom. The molecule has 0 fully saturated rings. The third kappa shape index (κ3) is 5.30. The standard InChI is InChI=1S/C19H26N2O2S2/c1-3-23-17(22)19(12-8-5-9-13-19)14-15-20-21(18(24)25-2)16-10-6-4-7-11-16/h4,6-8,10-12,20H,3,5,9,13-15H2,1-2H3. The van der Waals surface area contributed by atoms with Crippen LogP contribution in [0.1, 0.15) is 32.6 Å². The van der Waals surface area contributed by atoms with Crippen molar-refractivity contribution in [1.29, 1.82) is 0 Å². The lowest BCUT2D eigenvalue weighted by atomic mass is 9.76. The molecule has 0 radical (unpaired) electrons. The number of hydrogen-bond donors (Lipinski definition) is 1. The molecular formula is C19H26N2O2S2. The average Bonchev–Trinajstić information content (AvgIpc) is 2.66. The van der Waals surface area contributed by atoms with Crippen molar-refractivity contribution in [2.45, 2.75) is 32.6 Å². The first-order chi connectivity index (χ1) is 12.1. The van der Waals surface area contributed by atoms with Crippen molar-refractivity contribution in [2.75, 3.05) is 24.4 Å². The summed E-state index contributed by atoms with van der Waals surface area (Å²) in [5.41, 5.74) is 3.85. The van der Waals surface area contributed by atoms with Gasteiger partial charge in [0, 0.05) is 6.54 Å². The molecule has 4 nitrogen and oxygen atoms in total. The molecule has 1 unspecified atom stereocenters. The van der Waals surface area contributed by atoms with Gasteiger partial charge in [0.15, 0.2) is 4.32 Å². The molecule has 0 amide bonds. The lowest BCUT2D eigenvalue weighted by Gasteiger charge is -2.32. The van der Waals surface area contributed by atoms with Crippen molar-refractivity contribution in [3.8, 4) is 0 Å². The average molecular weight is 379 g/mol. The second kappa shape index (κ2) is 9.94. The van der Waals surface area contributed by atoms with Crippen LogP contribution >= 0.6 is 24.0 Å². The number of rotatable bonds is 7. The summed E-state index contributed by atoms with van der Waals surface area (Å²) >= 11 is 6.99. The van der Waals surface area contributed by atoms with E-state index < -0.39 is 5.41 Å². The zero-order valence-corrected chi connectivity index (χ0v) is 16.5. The first-order valence-corrected chi connectivity index (χ1v) is 10.3. The van der Waals surface area contributed by atoms with E-state index in [9.17, 15) is 4.79 Å².